The smallest absolute Gasteiger partial charge is 0.228 e. The monoisotopic (exact) mass is 243 g/mol. The molecule has 0 saturated heterocycles. The van der Waals surface area contributed by atoms with Crippen molar-refractivity contribution in [3.05, 3.63) is 53.1 Å². The molecule has 0 aliphatic carbocycles. The Bertz CT molecular complexity index is 593. The molecule has 0 aromatic heterocycles. The third-order valence-corrected chi connectivity index (χ3v) is 3.10. The van der Waals surface area contributed by atoms with Gasteiger partial charge in [-0.2, -0.15) is 0 Å². The number of carbonyl (C=O) groups is 1. The van der Waals surface area contributed by atoms with Gasteiger partial charge < -0.3 is 5.32 Å². The summed E-state index contributed by atoms with van der Waals surface area (Å²) in [5.41, 5.74) is 3.92. The zero-order valence-electron chi connectivity index (χ0n) is 9.03. The Kier molecular flexibility index (Phi) is 2.37. The van der Waals surface area contributed by atoms with Crippen LogP contribution in [-0.2, 0) is 11.2 Å². The number of hydrogen-bond donors (Lipinski definition) is 1. The Labute approximate surface area is 104 Å². The van der Waals surface area contributed by atoms with Gasteiger partial charge in [-0.05, 0) is 23.3 Å². The minimum Gasteiger partial charge on any atom is -0.325 e. The number of amides is 1. The molecule has 3 heteroatoms. The molecule has 2 aromatic rings. The van der Waals surface area contributed by atoms with Crippen molar-refractivity contribution in [3.63, 3.8) is 0 Å². The van der Waals surface area contributed by atoms with Crippen LogP contribution in [0.1, 0.15) is 5.56 Å². The number of benzene rings is 2. The Balaban J connectivity index is 2.22. The molecule has 3 rings (SSSR count). The molecule has 0 fully saturated rings. The van der Waals surface area contributed by atoms with E-state index in [1.165, 1.54) is 0 Å². The number of anilines is 1. The van der Waals surface area contributed by atoms with Gasteiger partial charge in [0.15, 0.2) is 0 Å². The highest BCUT2D eigenvalue weighted by Crippen LogP contribution is 2.37. The minimum absolute atomic E-state index is 0.0273. The van der Waals surface area contributed by atoms with Crippen molar-refractivity contribution in [2.45, 2.75) is 6.42 Å². The average molecular weight is 244 g/mol. The van der Waals surface area contributed by atoms with Crippen LogP contribution in [0.4, 0.5) is 5.69 Å². The van der Waals surface area contributed by atoms with Gasteiger partial charge >= 0.3 is 0 Å². The lowest BCUT2D eigenvalue weighted by atomic mass is 10.0. The standard InChI is InChI=1S/C14H10ClNO/c15-11-6-10-7-13(17)16-14(10)12(8-11)9-4-2-1-3-5-9/h1-6,8H,7H2,(H,16,17). The average Bonchev–Trinajstić information content (AvgIpc) is 2.69. The van der Waals surface area contributed by atoms with Crippen LogP contribution < -0.4 is 5.32 Å². The molecule has 0 unspecified atom stereocenters. The first-order chi connectivity index (χ1) is 8.24. The van der Waals surface area contributed by atoms with E-state index in [0.29, 0.717) is 11.4 Å². The van der Waals surface area contributed by atoms with Crippen LogP contribution in [0.25, 0.3) is 11.1 Å². The number of nitrogens with one attached hydrogen (secondary N) is 1. The number of halogens is 1. The fraction of sp³-hybridized carbons (Fsp3) is 0.0714. The molecule has 2 nitrogen and oxygen atoms in total. The first-order valence-corrected chi connectivity index (χ1v) is 5.79. The Morgan fingerprint density at radius 2 is 1.88 bits per heavy atom. The molecular weight excluding hydrogens is 234 g/mol. The molecule has 1 N–H and O–H groups in total. The van der Waals surface area contributed by atoms with E-state index >= 15 is 0 Å². The van der Waals surface area contributed by atoms with Gasteiger partial charge in [-0.3, -0.25) is 4.79 Å². The predicted octanol–water partition coefficient (Wildman–Crippen LogP) is 3.50. The van der Waals surface area contributed by atoms with Crippen LogP contribution in [0.15, 0.2) is 42.5 Å². The Hall–Kier alpha value is -1.80. The normalized spacial score (nSPS) is 13.4. The predicted molar refractivity (Wildman–Crippen MR) is 69.2 cm³/mol. The van der Waals surface area contributed by atoms with Gasteiger partial charge in [-0.15, -0.1) is 0 Å². The van der Waals surface area contributed by atoms with Gasteiger partial charge in [0.1, 0.15) is 0 Å². The van der Waals surface area contributed by atoms with Crippen molar-refractivity contribution in [1.82, 2.24) is 0 Å². The van der Waals surface area contributed by atoms with Gasteiger partial charge in [0.2, 0.25) is 5.91 Å². The topological polar surface area (TPSA) is 29.1 Å². The second-order valence-corrected chi connectivity index (χ2v) is 4.51. The van der Waals surface area contributed by atoms with Crippen LogP contribution in [0.3, 0.4) is 0 Å². The van der Waals surface area contributed by atoms with E-state index in [1.807, 2.05) is 42.5 Å². The zero-order chi connectivity index (χ0) is 11.8. The maximum absolute atomic E-state index is 11.4. The summed E-state index contributed by atoms with van der Waals surface area (Å²) in [7, 11) is 0. The first kappa shape index (κ1) is 10.4. The zero-order valence-corrected chi connectivity index (χ0v) is 9.79. The first-order valence-electron chi connectivity index (χ1n) is 5.42. The van der Waals surface area contributed by atoms with E-state index in [0.717, 1.165) is 22.4 Å². The number of carbonyl (C=O) groups excluding carboxylic acids is 1. The summed E-state index contributed by atoms with van der Waals surface area (Å²) in [6.45, 7) is 0. The Morgan fingerprint density at radius 3 is 2.65 bits per heavy atom. The molecule has 0 bridgehead atoms. The summed E-state index contributed by atoms with van der Waals surface area (Å²) in [5, 5.41) is 3.56. The van der Waals surface area contributed by atoms with E-state index < -0.39 is 0 Å². The second-order valence-electron chi connectivity index (χ2n) is 4.08. The fourth-order valence-corrected chi connectivity index (χ4v) is 2.39. The molecule has 0 saturated carbocycles. The molecule has 0 atom stereocenters. The van der Waals surface area contributed by atoms with Gasteiger partial charge in [0.05, 0.1) is 12.1 Å². The van der Waals surface area contributed by atoms with E-state index in [2.05, 4.69) is 5.32 Å². The third-order valence-electron chi connectivity index (χ3n) is 2.89. The van der Waals surface area contributed by atoms with Gasteiger partial charge in [-0.1, -0.05) is 41.9 Å². The highest BCUT2D eigenvalue weighted by atomic mass is 35.5. The SMILES string of the molecule is O=C1Cc2cc(Cl)cc(-c3ccccc3)c2N1. The molecule has 1 heterocycles. The molecule has 17 heavy (non-hydrogen) atoms. The summed E-state index contributed by atoms with van der Waals surface area (Å²) in [5.74, 6) is 0.0273. The van der Waals surface area contributed by atoms with Crippen molar-refractivity contribution in [2.75, 3.05) is 5.32 Å². The lowest BCUT2D eigenvalue weighted by Crippen LogP contribution is -2.04. The van der Waals surface area contributed by atoms with Gasteiger partial charge in [0, 0.05) is 10.6 Å². The van der Waals surface area contributed by atoms with Crippen molar-refractivity contribution in [1.29, 1.82) is 0 Å². The summed E-state index contributed by atoms with van der Waals surface area (Å²) < 4.78 is 0. The molecule has 84 valence electrons. The fourth-order valence-electron chi connectivity index (χ4n) is 2.15. The van der Waals surface area contributed by atoms with E-state index in [9.17, 15) is 4.79 Å². The van der Waals surface area contributed by atoms with Crippen molar-refractivity contribution < 1.29 is 4.79 Å². The number of hydrogen-bond acceptors (Lipinski definition) is 1. The molecular formula is C14H10ClNO. The lowest BCUT2D eigenvalue weighted by Gasteiger charge is -2.09. The number of fused-ring (bicyclic) bond motifs is 1. The summed E-state index contributed by atoms with van der Waals surface area (Å²) in [4.78, 5) is 11.4. The summed E-state index contributed by atoms with van der Waals surface area (Å²) >= 11 is 6.09. The van der Waals surface area contributed by atoms with Crippen LogP contribution in [0.5, 0.6) is 0 Å². The minimum atomic E-state index is 0.0273. The largest absolute Gasteiger partial charge is 0.325 e. The van der Waals surface area contributed by atoms with E-state index in [4.69, 9.17) is 11.6 Å². The van der Waals surface area contributed by atoms with Crippen LogP contribution >= 0.6 is 11.6 Å². The molecule has 1 amide bonds. The van der Waals surface area contributed by atoms with Crippen LogP contribution in [-0.4, -0.2) is 5.91 Å². The maximum atomic E-state index is 11.4. The van der Waals surface area contributed by atoms with E-state index in [-0.39, 0.29) is 5.91 Å². The highest BCUT2D eigenvalue weighted by Gasteiger charge is 2.21. The second kappa shape index (κ2) is 3.90. The van der Waals surface area contributed by atoms with Crippen LogP contribution in [0, 0.1) is 0 Å². The molecule has 1 aliphatic rings. The van der Waals surface area contributed by atoms with Crippen molar-refractivity contribution in [2.24, 2.45) is 0 Å². The third kappa shape index (κ3) is 1.81. The Morgan fingerprint density at radius 1 is 1.12 bits per heavy atom. The van der Waals surface area contributed by atoms with Crippen molar-refractivity contribution >= 4 is 23.2 Å². The summed E-state index contributed by atoms with van der Waals surface area (Å²) in [6.07, 6.45) is 0.412. The van der Waals surface area contributed by atoms with E-state index in [1.54, 1.807) is 0 Å². The van der Waals surface area contributed by atoms with Crippen LogP contribution in [0.2, 0.25) is 5.02 Å². The lowest BCUT2D eigenvalue weighted by molar-refractivity contribution is -0.115. The van der Waals surface area contributed by atoms with Gasteiger partial charge in [0.25, 0.3) is 0 Å². The summed E-state index contributed by atoms with van der Waals surface area (Å²) in [6, 6.07) is 13.7. The quantitative estimate of drug-likeness (QED) is 0.816. The maximum Gasteiger partial charge on any atom is 0.228 e. The van der Waals surface area contributed by atoms with Gasteiger partial charge in [-0.25, -0.2) is 0 Å². The molecule has 0 spiro atoms. The van der Waals surface area contributed by atoms with Crippen molar-refractivity contribution in [3.8, 4) is 11.1 Å². The molecule has 2 aromatic carbocycles. The molecule has 1 aliphatic heterocycles. The highest BCUT2D eigenvalue weighted by molar-refractivity contribution is 6.31. The number of rotatable bonds is 1. The molecule has 0 radical (unpaired) electrons.